The van der Waals surface area contributed by atoms with Crippen LogP contribution in [0.5, 0.6) is 5.75 Å². The average Bonchev–Trinajstić information content (AvgIpc) is 2.61. The van der Waals surface area contributed by atoms with Crippen LogP contribution in [-0.2, 0) is 11.3 Å². The first-order valence-corrected chi connectivity index (χ1v) is 8.08. The van der Waals surface area contributed by atoms with Crippen LogP contribution in [0.15, 0.2) is 72.8 Å². The Labute approximate surface area is 142 Å². The molecule has 0 N–H and O–H groups in total. The van der Waals surface area contributed by atoms with E-state index in [0.29, 0.717) is 12.3 Å². The average molecular weight is 319 g/mol. The molecule has 0 aliphatic carbocycles. The van der Waals surface area contributed by atoms with Gasteiger partial charge in [0.15, 0.2) is 6.10 Å². The molecule has 0 radical (unpaired) electrons. The lowest BCUT2D eigenvalue weighted by Crippen LogP contribution is -2.37. The fourth-order valence-corrected chi connectivity index (χ4v) is 2.75. The smallest absolute Gasteiger partial charge is 0.263 e. The number of amides is 1. The number of carbonyl (C=O) groups is 1. The predicted octanol–water partition coefficient (Wildman–Crippen LogP) is 4.27. The zero-order valence-electron chi connectivity index (χ0n) is 14.0. The minimum atomic E-state index is -0.516. The lowest BCUT2D eigenvalue weighted by Gasteiger charge is -2.22. The second-order valence-corrected chi connectivity index (χ2v) is 5.95. The van der Waals surface area contributed by atoms with Gasteiger partial charge >= 0.3 is 0 Å². The van der Waals surface area contributed by atoms with Crippen LogP contribution in [0.4, 0.5) is 0 Å². The van der Waals surface area contributed by atoms with E-state index in [2.05, 4.69) is 30.3 Å². The lowest BCUT2D eigenvalue weighted by molar-refractivity contribution is -0.137. The fourth-order valence-electron chi connectivity index (χ4n) is 2.75. The van der Waals surface area contributed by atoms with Crippen molar-refractivity contribution in [1.29, 1.82) is 0 Å². The van der Waals surface area contributed by atoms with Gasteiger partial charge in [-0.15, -0.1) is 0 Å². The Balaban J connectivity index is 1.66. The van der Waals surface area contributed by atoms with Crippen molar-refractivity contribution in [3.63, 3.8) is 0 Å². The Kier molecular flexibility index (Phi) is 4.80. The number of likely N-dealkylation sites (N-methyl/N-ethyl adjacent to an activating group) is 1. The second kappa shape index (κ2) is 7.18. The van der Waals surface area contributed by atoms with E-state index in [1.54, 1.807) is 11.8 Å². The van der Waals surface area contributed by atoms with E-state index in [1.165, 1.54) is 10.8 Å². The summed E-state index contributed by atoms with van der Waals surface area (Å²) in [5, 5.41) is 2.39. The highest BCUT2D eigenvalue weighted by Crippen LogP contribution is 2.17. The van der Waals surface area contributed by atoms with Crippen LogP contribution in [0.2, 0.25) is 0 Å². The molecule has 0 aliphatic rings. The largest absolute Gasteiger partial charge is 0.481 e. The van der Waals surface area contributed by atoms with Gasteiger partial charge < -0.3 is 9.64 Å². The molecule has 0 saturated carbocycles. The summed E-state index contributed by atoms with van der Waals surface area (Å²) in [5.74, 6) is 0.671. The molecule has 122 valence electrons. The van der Waals surface area contributed by atoms with Crippen molar-refractivity contribution in [2.24, 2.45) is 0 Å². The first-order valence-electron chi connectivity index (χ1n) is 8.08. The molecule has 3 heteroatoms. The first kappa shape index (κ1) is 16.1. The van der Waals surface area contributed by atoms with Crippen molar-refractivity contribution < 1.29 is 9.53 Å². The third-order valence-electron chi connectivity index (χ3n) is 4.01. The van der Waals surface area contributed by atoms with Gasteiger partial charge in [-0.3, -0.25) is 4.79 Å². The van der Waals surface area contributed by atoms with E-state index in [4.69, 9.17) is 4.74 Å². The SMILES string of the molecule is CC(Oc1ccccc1)C(=O)N(C)Cc1ccc2ccccc2c1. The van der Waals surface area contributed by atoms with Crippen molar-refractivity contribution in [2.45, 2.75) is 19.6 Å². The Bertz CT molecular complexity index is 829. The maximum absolute atomic E-state index is 12.5. The van der Waals surface area contributed by atoms with Crippen LogP contribution < -0.4 is 4.74 Å². The Morgan fingerprint density at radius 1 is 0.958 bits per heavy atom. The molecular weight excluding hydrogens is 298 g/mol. The van der Waals surface area contributed by atoms with Gasteiger partial charge in [0.2, 0.25) is 0 Å². The maximum atomic E-state index is 12.5. The summed E-state index contributed by atoms with van der Waals surface area (Å²) in [4.78, 5) is 14.2. The van der Waals surface area contributed by atoms with Crippen LogP contribution in [0.25, 0.3) is 10.8 Å². The molecule has 0 saturated heterocycles. The van der Waals surface area contributed by atoms with Crippen LogP contribution >= 0.6 is 0 Å². The van der Waals surface area contributed by atoms with Crippen molar-refractivity contribution in [1.82, 2.24) is 4.90 Å². The van der Waals surface area contributed by atoms with Crippen LogP contribution in [-0.4, -0.2) is 24.0 Å². The molecule has 3 nitrogen and oxygen atoms in total. The highest BCUT2D eigenvalue weighted by Gasteiger charge is 2.19. The highest BCUT2D eigenvalue weighted by atomic mass is 16.5. The lowest BCUT2D eigenvalue weighted by atomic mass is 10.1. The summed E-state index contributed by atoms with van der Waals surface area (Å²) in [6.07, 6.45) is -0.516. The van der Waals surface area contributed by atoms with Gasteiger partial charge in [0.25, 0.3) is 5.91 Å². The van der Waals surface area contributed by atoms with Gasteiger partial charge in [-0.05, 0) is 41.5 Å². The van der Waals surface area contributed by atoms with E-state index in [9.17, 15) is 4.79 Å². The zero-order valence-corrected chi connectivity index (χ0v) is 14.0. The summed E-state index contributed by atoms with van der Waals surface area (Å²) >= 11 is 0. The maximum Gasteiger partial charge on any atom is 0.263 e. The van der Waals surface area contributed by atoms with Gasteiger partial charge in [-0.2, -0.15) is 0 Å². The number of rotatable bonds is 5. The predicted molar refractivity (Wildman–Crippen MR) is 97.0 cm³/mol. The van der Waals surface area contributed by atoms with Crippen molar-refractivity contribution in [3.8, 4) is 5.75 Å². The molecule has 3 rings (SSSR count). The molecule has 0 aliphatic heterocycles. The molecule has 1 atom stereocenters. The Morgan fingerprint density at radius 2 is 1.62 bits per heavy atom. The van der Waals surface area contributed by atoms with Crippen LogP contribution in [0, 0.1) is 0 Å². The second-order valence-electron chi connectivity index (χ2n) is 5.95. The third-order valence-corrected chi connectivity index (χ3v) is 4.01. The molecule has 1 amide bonds. The van der Waals surface area contributed by atoms with Crippen molar-refractivity contribution in [3.05, 3.63) is 78.4 Å². The van der Waals surface area contributed by atoms with Crippen LogP contribution in [0.1, 0.15) is 12.5 Å². The van der Waals surface area contributed by atoms with Gasteiger partial charge in [0.1, 0.15) is 5.75 Å². The van der Waals surface area contributed by atoms with E-state index >= 15 is 0 Å². The van der Waals surface area contributed by atoms with E-state index < -0.39 is 6.10 Å². The van der Waals surface area contributed by atoms with Gasteiger partial charge in [-0.25, -0.2) is 0 Å². The third kappa shape index (κ3) is 3.74. The summed E-state index contributed by atoms with van der Waals surface area (Å²) in [6.45, 7) is 2.35. The number of para-hydroxylation sites is 1. The number of hydrogen-bond acceptors (Lipinski definition) is 2. The quantitative estimate of drug-likeness (QED) is 0.703. The summed E-state index contributed by atoms with van der Waals surface area (Å²) in [7, 11) is 1.81. The molecule has 1 unspecified atom stereocenters. The van der Waals surface area contributed by atoms with Gasteiger partial charge in [0.05, 0.1) is 0 Å². The fraction of sp³-hybridized carbons (Fsp3) is 0.190. The van der Waals surface area contributed by atoms with E-state index in [0.717, 1.165) is 5.56 Å². The van der Waals surface area contributed by atoms with E-state index in [1.807, 2.05) is 49.5 Å². The molecule has 0 bridgehead atoms. The number of benzene rings is 3. The number of nitrogens with zero attached hydrogens (tertiary/aromatic N) is 1. The zero-order chi connectivity index (χ0) is 16.9. The van der Waals surface area contributed by atoms with Crippen LogP contribution in [0.3, 0.4) is 0 Å². The normalized spacial score (nSPS) is 11.9. The highest BCUT2D eigenvalue weighted by molar-refractivity contribution is 5.83. The standard InChI is InChI=1S/C21H21NO2/c1-16(24-20-10-4-3-5-11-20)21(23)22(2)15-17-12-13-18-8-6-7-9-19(18)14-17/h3-14,16H,15H2,1-2H3. The number of ether oxygens (including phenoxy) is 1. The van der Waals surface area contributed by atoms with Gasteiger partial charge in [-0.1, -0.05) is 54.6 Å². The molecular formula is C21H21NO2. The summed E-state index contributed by atoms with van der Waals surface area (Å²) < 4.78 is 5.71. The van der Waals surface area contributed by atoms with Gasteiger partial charge in [0, 0.05) is 13.6 Å². The Morgan fingerprint density at radius 3 is 2.38 bits per heavy atom. The number of fused-ring (bicyclic) bond motifs is 1. The van der Waals surface area contributed by atoms with E-state index in [-0.39, 0.29) is 5.91 Å². The molecule has 24 heavy (non-hydrogen) atoms. The number of carbonyl (C=O) groups excluding carboxylic acids is 1. The first-order chi connectivity index (χ1) is 11.6. The topological polar surface area (TPSA) is 29.5 Å². The molecule has 0 heterocycles. The molecule has 3 aromatic carbocycles. The minimum Gasteiger partial charge on any atom is -0.481 e. The number of hydrogen-bond donors (Lipinski definition) is 0. The Hall–Kier alpha value is -2.81. The molecule has 3 aromatic rings. The van der Waals surface area contributed by atoms with Crippen molar-refractivity contribution >= 4 is 16.7 Å². The van der Waals surface area contributed by atoms with Crippen molar-refractivity contribution in [2.75, 3.05) is 7.05 Å². The minimum absolute atomic E-state index is 0.0352. The monoisotopic (exact) mass is 319 g/mol. The molecule has 0 spiro atoms. The summed E-state index contributed by atoms with van der Waals surface area (Å²) in [5.41, 5.74) is 1.11. The summed E-state index contributed by atoms with van der Waals surface area (Å²) in [6, 6.07) is 23.9. The molecule has 0 aromatic heterocycles. The molecule has 0 fully saturated rings.